The third-order valence-electron chi connectivity index (χ3n) is 1.48. The summed E-state index contributed by atoms with van der Waals surface area (Å²) in [7, 11) is 0. The fourth-order valence-corrected chi connectivity index (χ4v) is 0.870. The van der Waals surface area contributed by atoms with Crippen LogP contribution in [-0.2, 0) is 9.53 Å². The van der Waals surface area contributed by atoms with Gasteiger partial charge in [-0.15, -0.1) is 0 Å². The van der Waals surface area contributed by atoms with E-state index >= 15 is 0 Å². The molecule has 1 atom stereocenters. The van der Waals surface area contributed by atoms with Gasteiger partial charge in [0.05, 0.1) is 13.2 Å². The van der Waals surface area contributed by atoms with Gasteiger partial charge in [-0.05, 0) is 12.3 Å². The molecule has 0 radical (unpaired) electrons. The van der Waals surface area contributed by atoms with Gasteiger partial charge in [0.15, 0.2) is 0 Å². The summed E-state index contributed by atoms with van der Waals surface area (Å²) in [6.07, 6.45) is 2.22. The van der Waals surface area contributed by atoms with Crippen molar-refractivity contribution in [3.05, 3.63) is 0 Å². The number of nitrogens with two attached hydrogens (primary N) is 1. The van der Waals surface area contributed by atoms with Crippen LogP contribution in [0, 0.1) is 5.92 Å². The van der Waals surface area contributed by atoms with Gasteiger partial charge in [-0.25, -0.2) is 0 Å². The summed E-state index contributed by atoms with van der Waals surface area (Å²) in [5.74, 6) is 0.142. The van der Waals surface area contributed by atoms with Crippen LogP contribution in [0.1, 0.15) is 26.7 Å². The number of hydrogen-bond donors (Lipinski definition) is 1. The van der Waals surface area contributed by atoms with Crippen LogP contribution in [0.15, 0.2) is 0 Å². The molecule has 0 fully saturated rings. The topological polar surface area (TPSA) is 52.3 Å². The monoisotopic (exact) mass is 159 g/mol. The van der Waals surface area contributed by atoms with Gasteiger partial charge < -0.3 is 10.5 Å². The second kappa shape index (κ2) is 6.16. The molecular formula is C8H17NO2. The standard InChI is InChI=1S/C8H17NO2/c1-3-4-7(2)6-11-8(10)5-9/h7H,3-6,9H2,1-2H3. The van der Waals surface area contributed by atoms with Crippen LogP contribution in [0.3, 0.4) is 0 Å². The zero-order valence-corrected chi connectivity index (χ0v) is 7.30. The molecule has 1 unspecified atom stereocenters. The lowest BCUT2D eigenvalue weighted by Crippen LogP contribution is -2.19. The Balaban J connectivity index is 3.29. The SMILES string of the molecule is CCCC(C)COC(=O)CN. The van der Waals surface area contributed by atoms with Gasteiger partial charge in [-0.3, -0.25) is 4.79 Å². The molecule has 66 valence electrons. The predicted octanol–water partition coefficient (Wildman–Crippen LogP) is 0.924. The van der Waals surface area contributed by atoms with Crippen LogP contribution in [-0.4, -0.2) is 19.1 Å². The van der Waals surface area contributed by atoms with E-state index in [0.717, 1.165) is 12.8 Å². The first-order valence-corrected chi connectivity index (χ1v) is 4.06. The first-order valence-electron chi connectivity index (χ1n) is 4.06. The van der Waals surface area contributed by atoms with E-state index in [2.05, 4.69) is 13.8 Å². The predicted molar refractivity (Wildman–Crippen MR) is 44.1 cm³/mol. The van der Waals surface area contributed by atoms with Gasteiger partial charge in [0.1, 0.15) is 0 Å². The van der Waals surface area contributed by atoms with Crippen LogP contribution in [0.25, 0.3) is 0 Å². The number of ether oxygens (including phenoxy) is 1. The second-order valence-electron chi connectivity index (χ2n) is 2.78. The quantitative estimate of drug-likeness (QED) is 0.607. The molecular weight excluding hydrogens is 142 g/mol. The fourth-order valence-electron chi connectivity index (χ4n) is 0.870. The lowest BCUT2D eigenvalue weighted by Gasteiger charge is -2.09. The Morgan fingerprint density at radius 3 is 2.73 bits per heavy atom. The Morgan fingerprint density at radius 2 is 2.27 bits per heavy atom. The van der Waals surface area contributed by atoms with Crippen molar-refractivity contribution in [2.24, 2.45) is 11.7 Å². The average Bonchev–Trinajstić information content (AvgIpc) is 2.01. The van der Waals surface area contributed by atoms with Crippen LogP contribution >= 0.6 is 0 Å². The highest BCUT2D eigenvalue weighted by Crippen LogP contribution is 2.04. The molecule has 3 heteroatoms. The van der Waals surface area contributed by atoms with E-state index in [9.17, 15) is 4.79 Å². The summed E-state index contributed by atoms with van der Waals surface area (Å²) < 4.78 is 4.84. The van der Waals surface area contributed by atoms with Crippen molar-refractivity contribution in [3.63, 3.8) is 0 Å². The van der Waals surface area contributed by atoms with Gasteiger partial charge in [-0.1, -0.05) is 20.3 Å². The molecule has 0 aliphatic heterocycles. The van der Waals surface area contributed by atoms with Crippen LogP contribution in [0.4, 0.5) is 0 Å². The maximum Gasteiger partial charge on any atom is 0.319 e. The van der Waals surface area contributed by atoms with E-state index in [1.807, 2.05) is 0 Å². The molecule has 0 aliphatic carbocycles. The molecule has 0 aromatic rings. The second-order valence-corrected chi connectivity index (χ2v) is 2.78. The van der Waals surface area contributed by atoms with Crippen molar-refractivity contribution in [2.75, 3.05) is 13.2 Å². The van der Waals surface area contributed by atoms with Crippen LogP contribution in [0.5, 0.6) is 0 Å². The van der Waals surface area contributed by atoms with Crippen molar-refractivity contribution in [1.29, 1.82) is 0 Å². The Hall–Kier alpha value is -0.570. The van der Waals surface area contributed by atoms with Gasteiger partial charge in [0.25, 0.3) is 0 Å². The first kappa shape index (κ1) is 10.4. The van der Waals surface area contributed by atoms with Crippen LogP contribution in [0.2, 0.25) is 0 Å². The number of esters is 1. The molecule has 2 N–H and O–H groups in total. The fraction of sp³-hybridized carbons (Fsp3) is 0.875. The molecule has 0 heterocycles. The van der Waals surface area contributed by atoms with Gasteiger partial charge in [-0.2, -0.15) is 0 Å². The van der Waals surface area contributed by atoms with E-state index < -0.39 is 0 Å². The molecule has 0 amide bonds. The largest absolute Gasteiger partial charge is 0.464 e. The Kier molecular flexibility index (Phi) is 5.84. The molecule has 0 saturated heterocycles. The lowest BCUT2D eigenvalue weighted by molar-refractivity contribution is -0.143. The highest BCUT2D eigenvalue weighted by Gasteiger charge is 2.03. The van der Waals surface area contributed by atoms with Crippen molar-refractivity contribution in [3.8, 4) is 0 Å². The van der Waals surface area contributed by atoms with Crippen molar-refractivity contribution in [1.82, 2.24) is 0 Å². The summed E-state index contributed by atoms with van der Waals surface area (Å²) >= 11 is 0. The Morgan fingerprint density at radius 1 is 1.64 bits per heavy atom. The molecule has 0 aliphatic rings. The van der Waals surface area contributed by atoms with E-state index in [4.69, 9.17) is 10.5 Å². The van der Waals surface area contributed by atoms with E-state index in [1.54, 1.807) is 0 Å². The maximum atomic E-state index is 10.6. The van der Waals surface area contributed by atoms with Gasteiger partial charge >= 0.3 is 5.97 Å². The first-order chi connectivity index (χ1) is 5.20. The van der Waals surface area contributed by atoms with E-state index in [0.29, 0.717) is 12.5 Å². The molecule has 11 heavy (non-hydrogen) atoms. The summed E-state index contributed by atoms with van der Waals surface area (Å²) in [6.45, 7) is 4.66. The summed E-state index contributed by atoms with van der Waals surface area (Å²) in [5, 5.41) is 0. The highest BCUT2D eigenvalue weighted by atomic mass is 16.5. The number of carbonyl (C=O) groups is 1. The highest BCUT2D eigenvalue weighted by molar-refractivity contribution is 5.71. The zero-order chi connectivity index (χ0) is 8.69. The van der Waals surface area contributed by atoms with Gasteiger partial charge in [0, 0.05) is 0 Å². The minimum atomic E-state index is -0.312. The maximum absolute atomic E-state index is 10.6. The van der Waals surface area contributed by atoms with Crippen LogP contribution < -0.4 is 5.73 Å². The Bertz CT molecular complexity index is 115. The summed E-state index contributed by atoms with van der Waals surface area (Å²) in [4.78, 5) is 10.6. The molecule has 0 aromatic heterocycles. The Labute approximate surface area is 67.9 Å². The number of carbonyl (C=O) groups excluding carboxylic acids is 1. The molecule has 0 spiro atoms. The minimum Gasteiger partial charge on any atom is -0.464 e. The molecule has 0 aromatic carbocycles. The van der Waals surface area contributed by atoms with E-state index in [1.165, 1.54) is 0 Å². The summed E-state index contributed by atoms with van der Waals surface area (Å²) in [5.41, 5.74) is 5.06. The average molecular weight is 159 g/mol. The third kappa shape index (κ3) is 5.85. The smallest absolute Gasteiger partial charge is 0.319 e. The van der Waals surface area contributed by atoms with Gasteiger partial charge in [0.2, 0.25) is 0 Å². The molecule has 0 saturated carbocycles. The normalized spacial score (nSPS) is 12.6. The van der Waals surface area contributed by atoms with Crippen molar-refractivity contribution >= 4 is 5.97 Å². The zero-order valence-electron chi connectivity index (χ0n) is 7.30. The molecule has 3 nitrogen and oxygen atoms in total. The number of rotatable bonds is 5. The third-order valence-corrected chi connectivity index (χ3v) is 1.48. The summed E-state index contributed by atoms with van der Waals surface area (Å²) in [6, 6.07) is 0. The molecule has 0 bridgehead atoms. The van der Waals surface area contributed by atoms with E-state index in [-0.39, 0.29) is 12.5 Å². The van der Waals surface area contributed by atoms with Crippen molar-refractivity contribution < 1.29 is 9.53 Å². The van der Waals surface area contributed by atoms with Crippen molar-refractivity contribution in [2.45, 2.75) is 26.7 Å². The molecule has 0 rings (SSSR count). The lowest BCUT2D eigenvalue weighted by atomic mass is 10.1. The number of hydrogen-bond acceptors (Lipinski definition) is 3. The minimum absolute atomic E-state index is 0.0150.